The van der Waals surface area contributed by atoms with E-state index in [9.17, 15) is 4.79 Å². The predicted molar refractivity (Wildman–Crippen MR) is 62.2 cm³/mol. The van der Waals surface area contributed by atoms with Gasteiger partial charge in [-0.25, -0.2) is 4.98 Å². The molecule has 0 saturated heterocycles. The molecule has 4 heteroatoms. The topological polar surface area (TPSA) is 46.9 Å². The van der Waals surface area contributed by atoms with Crippen molar-refractivity contribution in [3.63, 3.8) is 0 Å². The van der Waals surface area contributed by atoms with Crippen LogP contribution in [-0.2, 0) is 4.79 Å². The summed E-state index contributed by atoms with van der Waals surface area (Å²) in [6.45, 7) is 1.50. The van der Waals surface area contributed by atoms with Gasteiger partial charge in [-0.1, -0.05) is 6.08 Å². The molecule has 2 rings (SSSR count). The Morgan fingerprint density at radius 1 is 1.50 bits per heavy atom. The molecule has 82 valence electrons. The first-order chi connectivity index (χ1) is 7.75. The molecule has 0 aliphatic heterocycles. The van der Waals surface area contributed by atoms with Crippen molar-refractivity contribution in [1.29, 1.82) is 0 Å². The number of carbonyl (C=O) groups is 1. The SMILES string of the molecule is CC(=O)NC1=CC=C(n2ccnc2)CC=C1. The first kappa shape index (κ1) is 10.4. The largest absolute Gasteiger partial charge is 0.326 e. The van der Waals surface area contributed by atoms with Crippen molar-refractivity contribution >= 4 is 11.6 Å². The standard InChI is InChI=1S/C12H13N3O/c1-10(16)14-11-3-2-4-12(6-5-11)15-8-7-13-9-15/h2-3,5-9H,4H2,1H3,(H,14,16). The highest BCUT2D eigenvalue weighted by Gasteiger charge is 2.01. The van der Waals surface area contributed by atoms with Gasteiger partial charge >= 0.3 is 0 Å². The van der Waals surface area contributed by atoms with Gasteiger partial charge in [0, 0.05) is 37.1 Å². The lowest BCUT2D eigenvalue weighted by molar-refractivity contribution is -0.118. The smallest absolute Gasteiger partial charge is 0.221 e. The molecule has 0 fully saturated rings. The van der Waals surface area contributed by atoms with Crippen LogP contribution in [0.15, 0.2) is 48.7 Å². The summed E-state index contributed by atoms with van der Waals surface area (Å²) in [6, 6.07) is 0. The third-order valence-corrected chi connectivity index (χ3v) is 2.24. The van der Waals surface area contributed by atoms with Gasteiger partial charge in [-0.05, 0) is 18.2 Å². The highest BCUT2D eigenvalue weighted by atomic mass is 16.1. The molecule has 4 nitrogen and oxygen atoms in total. The number of hydrogen-bond donors (Lipinski definition) is 1. The fraction of sp³-hybridized carbons (Fsp3) is 0.167. The molecule has 1 aromatic rings. The second-order valence-electron chi connectivity index (χ2n) is 3.54. The van der Waals surface area contributed by atoms with E-state index in [-0.39, 0.29) is 5.91 Å². The third kappa shape index (κ3) is 2.48. The number of allylic oxidation sites excluding steroid dienone is 5. The summed E-state index contributed by atoms with van der Waals surface area (Å²) in [7, 11) is 0. The zero-order chi connectivity index (χ0) is 11.4. The van der Waals surface area contributed by atoms with Gasteiger partial charge in [-0.2, -0.15) is 0 Å². The average molecular weight is 215 g/mol. The van der Waals surface area contributed by atoms with E-state index in [0.717, 1.165) is 17.8 Å². The molecule has 1 amide bonds. The van der Waals surface area contributed by atoms with Crippen LogP contribution in [0.2, 0.25) is 0 Å². The van der Waals surface area contributed by atoms with Gasteiger partial charge in [0.2, 0.25) is 5.91 Å². The normalized spacial score (nSPS) is 15.1. The van der Waals surface area contributed by atoms with Crippen molar-refractivity contribution in [3.05, 3.63) is 48.7 Å². The molecule has 0 aromatic carbocycles. The van der Waals surface area contributed by atoms with Crippen LogP contribution >= 0.6 is 0 Å². The van der Waals surface area contributed by atoms with Gasteiger partial charge in [-0.15, -0.1) is 0 Å². The average Bonchev–Trinajstić information content (AvgIpc) is 2.66. The van der Waals surface area contributed by atoms with Crippen molar-refractivity contribution in [1.82, 2.24) is 14.9 Å². The van der Waals surface area contributed by atoms with Crippen LogP contribution in [0, 0.1) is 0 Å². The minimum absolute atomic E-state index is 0.0598. The summed E-state index contributed by atoms with van der Waals surface area (Å²) in [6.07, 6.45) is 14.0. The number of imidazole rings is 1. The second-order valence-corrected chi connectivity index (χ2v) is 3.54. The molecule has 1 N–H and O–H groups in total. The van der Waals surface area contributed by atoms with Crippen LogP contribution in [0.4, 0.5) is 0 Å². The second kappa shape index (κ2) is 4.61. The maximum atomic E-state index is 10.9. The molecular weight excluding hydrogens is 202 g/mol. The summed E-state index contributed by atoms with van der Waals surface area (Å²) < 4.78 is 1.96. The van der Waals surface area contributed by atoms with Gasteiger partial charge in [-0.3, -0.25) is 4.79 Å². The monoisotopic (exact) mass is 215 g/mol. The lowest BCUT2D eigenvalue weighted by Gasteiger charge is -2.02. The Balaban J connectivity index is 2.20. The Morgan fingerprint density at radius 2 is 2.38 bits per heavy atom. The molecule has 1 aliphatic rings. The zero-order valence-electron chi connectivity index (χ0n) is 9.05. The molecule has 1 aromatic heterocycles. The van der Waals surface area contributed by atoms with Crippen molar-refractivity contribution < 1.29 is 4.79 Å². The van der Waals surface area contributed by atoms with E-state index >= 15 is 0 Å². The first-order valence-electron chi connectivity index (χ1n) is 5.09. The van der Waals surface area contributed by atoms with Gasteiger partial charge in [0.1, 0.15) is 0 Å². The number of aromatic nitrogens is 2. The number of nitrogens with zero attached hydrogens (tertiary/aromatic N) is 2. The van der Waals surface area contributed by atoms with E-state index in [2.05, 4.69) is 10.3 Å². The summed E-state index contributed by atoms with van der Waals surface area (Å²) in [5.74, 6) is -0.0598. The summed E-state index contributed by atoms with van der Waals surface area (Å²) >= 11 is 0. The van der Waals surface area contributed by atoms with Crippen LogP contribution in [0.1, 0.15) is 13.3 Å². The minimum Gasteiger partial charge on any atom is -0.326 e. The van der Waals surface area contributed by atoms with E-state index in [1.165, 1.54) is 6.92 Å². The first-order valence-corrected chi connectivity index (χ1v) is 5.09. The Hall–Kier alpha value is -2.10. The molecule has 0 bridgehead atoms. The number of nitrogens with one attached hydrogen (secondary N) is 1. The third-order valence-electron chi connectivity index (χ3n) is 2.24. The van der Waals surface area contributed by atoms with Crippen LogP contribution < -0.4 is 5.32 Å². The van der Waals surface area contributed by atoms with E-state index in [1.54, 1.807) is 12.5 Å². The fourth-order valence-electron chi connectivity index (χ4n) is 1.52. The lowest BCUT2D eigenvalue weighted by atomic mass is 10.3. The van der Waals surface area contributed by atoms with E-state index < -0.39 is 0 Å². The maximum absolute atomic E-state index is 10.9. The molecule has 16 heavy (non-hydrogen) atoms. The minimum atomic E-state index is -0.0598. The Morgan fingerprint density at radius 3 is 3.06 bits per heavy atom. The van der Waals surface area contributed by atoms with Crippen LogP contribution in [0.3, 0.4) is 0 Å². The van der Waals surface area contributed by atoms with Gasteiger partial charge in [0.15, 0.2) is 0 Å². The molecule has 0 saturated carbocycles. The molecule has 1 aliphatic carbocycles. The number of hydrogen-bond acceptors (Lipinski definition) is 2. The van der Waals surface area contributed by atoms with Gasteiger partial charge in [0.25, 0.3) is 0 Å². The number of carbonyl (C=O) groups excluding carboxylic acids is 1. The van der Waals surface area contributed by atoms with E-state index in [4.69, 9.17) is 0 Å². The van der Waals surface area contributed by atoms with Gasteiger partial charge < -0.3 is 9.88 Å². The van der Waals surface area contributed by atoms with E-state index in [0.29, 0.717) is 0 Å². The van der Waals surface area contributed by atoms with Crippen molar-refractivity contribution in [2.24, 2.45) is 0 Å². The van der Waals surface area contributed by atoms with Crippen molar-refractivity contribution in [2.75, 3.05) is 0 Å². The molecule has 0 spiro atoms. The zero-order valence-corrected chi connectivity index (χ0v) is 9.05. The van der Waals surface area contributed by atoms with Crippen LogP contribution in [0.25, 0.3) is 5.70 Å². The van der Waals surface area contributed by atoms with Crippen molar-refractivity contribution in [2.45, 2.75) is 13.3 Å². The predicted octanol–water partition coefficient (Wildman–Crippen LogP) is 1.70. The number of rotatable bonds is 2. The Kier molecular flexibility index (Phi) is 3.00. The highest BCUT2D eigenvalue weighted by molar-refractivity contribution is 5.75. The van der Waals surface area contributed by atoms with Crippen molar-refractivity contribution in [3.8, 4) is 0 Å². The summed E-state index contributed by atoms with van der Waals surface area (Å²) in [4.78, 5) is 14.9. The maximum Gasteiger partial charge on any atom is 0.221 e. The number of amides is 1. The quantitative estimate of drug-likeness (QED) is 0.816. The molecule has 0 atom stereocenters. The molecule has 1 heterocycles. The van der Waals surface area contributed by atoms with Crippen LogP contribution in [0.5, 0.6) is 0 Å². The molecule has 0 radical (unpaired) electrons. The molecular formula is C12H13N3O. The molecule has 0 unspecified atom stereocenters. The Bertz CT molecular complexity index is 466. The van der Waals surface area contributed by atoms with E-state index in [1.807, 2.05) is 35.1 Å². The van der Waals surface area contributed by atoms with Crippen LogP contribution in [-0.4, -0.2) is 15.5 Å². The Labute approximate surface area is 94.0 Å². The summed E-state index contributed by atoms with van der Waals surface area (Å²) in [5.41, 5.74) is 1.93. The highest BCUT2D eigenvalue weighted by Crippen LogP contribution is 2.14. The van der Waals surface area contributed by atoms with Gasteiger partial charge in [0.05, 0.1) is 6.33 Å². The summed E-state index contributed by atoms with van der Waals surface area (Å²) in [5, 5.41) is 2.75. The lowest BCUT2D eigenvalue weighted by Crippen LogP contribution is -2.17. The fourth-order valence-corrected chi connectivity index (χ4v) is 1.52.